The molecule has 0 spiro atoms. The SMILES string of the molecule is O=C(O)c1cccnc1C(=O)NCC1(O)CCCC1. The Hall–Kier alpha value is -1.95. The molecule has 6 nitrogen and oxygen atoms in total. The Morgan fingerprint density at radius 3 is 2.68 bits per heavy atom. The minimum Gasteiger partial charge on any atom is -0.478 e. The lowest BCUT2D eigenvalue weighted by Gasteiger charge is -2.22. The maximum Gasteiger partial charge on any atom is 0.338 e. The van der Waals surface area contributed by atoms with Crippen molar-refractivity contribution in [3.63, 3.8) is 0 Å². The number of nitrogens with one attached hydrogen (secondary N) is 1. The number of aromatic carboxylic acids is 1. The predicted octanol–water partition coefficient (Wildman–Crippen LogP) is 0.815. The van der Waals surface area contributed by atoms with Crippen LogP contribution in [0.2, 0.25) is 0 Å². The Labute approximate surface area is 110 Å². The van der Waals surface area contributed by atoms with Crippen molar-refractivity contribution in [3.05, 3.63) is 29.6 Å². The molecular formula is C13H16N2O4. The molecule has 0 atom stereocenters. The molecule has 2 rings (SSSR count). The number of carbonyl (C=O) groups excluding carboxylic acids is 1. The molecule has 0 saturated heterocycles. The van der Waals surface area contributed by atoms with E-state index in [1.54, 1.807) is 0 Å². The van der Waals surface area contributed by atoms with E-state index in [4.69, 9.17) is 5.11 Å². The van der Waals surface area contributed by atoms with Gasteiger partial charge in [0, 0.05) is 12.7 Å². The van der Waals surface area contributed by atoms with Gasteiger partial charge in [-0.05, 0) is 25.0 Å². The second-order valence-electron chi connectivity index (χ2n) is 4.82. The zero-order valence-corrected chi connectivity index (χ0v) is 10.4. The highest BCUT2D eigenvalue weighted by atomic mass is 16.4. The Bertz CT molecular complexity index is 495. The van der Waals surface area contributed by atoms with Gasteiger partial charge in [-0.15, -0.1) is 0 Å². The molecule has 0 radical (unpaired) electrons. The van der Waals surface area contributed by atoms with Crippen LogP contribution in [0, 0.1) is 0 Å². The first-order valence-corrected chi connectivity index (χ1v) is 6.21. The molecule has 1 amide bonds. The lowest BCUT2D eigenvalue weighted by atomic mass is 10.0. The molecule has 102 valence electrons. The molecule has 1 fully saturated rings. The van der Waals surface area contributed by atoms with E-state index >= 15 is 0 Å². The predicted molar refractivity (Wildman–Crippen MR) is 66.9 cm³/mol. The summed E-state index contributed by atoms with van der Waals surface area (Å²) < 4.78 is 0. The number of amides is 1. The van der Waals surface area contributed by atoms with Gasteiger partial charge in [-0.25, -0.2) is 4.79 Å². The van der Waals surface area contributed by atoms with Crippen molar-refractivity contribution >= 4 is 11.9 Å². The molecule has 1 saturated carbocycles. The number of carbonyl (C=O) groups is 2. The molecule has 1 aliphatic rings. The maximum absolute atomic E-state index is 11.9. The molecule has 0 bridgehead atoms. The molecule has 3 N–H and O–H groups in total. The van der Waals surface area contributed by atoms with Crippen LogP contribution in [0.25, 0.3) is 0 Å². The second-order valence-corrected chi connectivity index (χ2v) is 4.82. The number of hydrogen-bond donors (Lipinski definition) is 3. The van der Waals surface area contributed by atoms with Gasteiger partial charge in [-0.1, -0.05) is 12.8 Å². The molecule has 1 aromatic heterocycles. The summed E-state index contributed by atoms with van der Waals surface area (Å²) in [5.74, 6) is -1.77. The quantitative estimate of drug-likeness (QED) is 0.747. The van der Waals surface area contributed by atoms with Gasteiger partial charge in [0.1, 0.15) is 5.69 Å². The van der Waals surface area contributed by atoms with Crippen LogP contribution in [0.4, 0.5) is 0 Å². The van der Waals surface area contributed by atoms with Crippen LogP contribution in [-0.2, 0) is 0 Å². The maximum atomic E-state index is 11.9. The molecule has 0 aromatic carbocycles. The van der Waals surface area contributed by atoms with Crippen LogP contribution < -0.4 is 5.32 Å². The van der Waals surface area contributed by atoms with Crippen molar-refractivity contribution in [2.24, 2.45) is 0 Å². The highest BCUT2D eigenvalue weighted by Gasteiger charge is 2.31. The largest absolute Gasteiger partial charge is 0.478 e. The lowest BCUT2D eigenvalue weighted by molar-refractivity contribution is 0.0448. The van der Waals surface area contributed by atoms with E-state index in [2.05, 4.69) is 10.3 Å². The van der Waals surface area contributed by atoms with Gasteiger partial charge in [0.2, 0.25) is 0 Å². The molecule has 19 heavy (non-hydrogen) atoms. The van der Waals surface area contributed by atoms with Crippen molar-refractivity contribution in [1.29, 1.82) is 0 Å². The summed E-state index contributed by atoms with van der Waals surface area (Å²) in [5, 5.41) is 21.7. The zero-order valence-electron chi connectivity index (χ0n) is 10.4. The van der Waals surface area contributed by atoms with Crippen LogP contribution in [0.15, 0.2) is 18.3 Å². The van der Waals surface area contributed by atoms with Gasteiger partial charge in [0.15, 0.2) is 0 Å². The van der Waals surface area contributed by atoms with E-state index in [1.807, 2.05) is 0 Å². The van der Waals surface area contributed by atoms with Crippen LogP contribution in [0.5, 0.6) is 0 Å². The third-order valence-corrected chi connectivity index (χ3v) is 3.37. The third-order valence-electron chi connectivity index (χ3n) is 3.37. The Balaban J connectivity index is 2.06. The Kier molecular flexibility index (Phi) is 3.80. The number of aliphatic hydroxyl groups is 1. The molecule has 1 heterocycles. The van der Waals surface area contributed by atoms with Crippen molar-refractivity contribution in [1.82, 2.24) is 10.3 Å². The van der Waals surface area contributed by atoms with E-state index < -0.39 is 17.5 Å². The van der Waals surface area contributed by atoms with Crippen molar-refractivity contribution in [3.8, 4) is 0 Å². The van der Waals surface area contributed by atoms with Crippen molar-refractivity contribution < 1.29 is 19.8 Å². The van der Waals surface area contributed by atoms with E-state index in [-0.39, 0.29) is 17.8 Å². The minimum absolute atomic E-state index is 0.126. The Morgan fingerprint density at radius 1 is 1.37 bits per heavy atom. The van der Waals surface area contributed by atoms with Gasteiger partial charge in [0.25, 0.3) is 5.91 Å². The molecule has 1 aromatic rings. The molecule has 1 aliphatic carbocycles. The molecule has 0 unspecified atom stereocenters. The van der Waals surface area contributed by atoms with Gasteiger partial charge < -0.3 is 15.5 Å². The van der Waals surface area contributed by atoms with Crippen LogP contribution in [-0.4, -0.2) is 39.2 Å². The summed E-state index contributed by atoms with van der Waals surface area (Å²) in [6.07, 6.45) is 4.56. The molecule has 6 heteroatoms. The molecular weight excluding hydrogens is 248 g/mol. The van der Waals surface area contributed by atoms with E-state index in [9.17, 15) is 14.7 Å². The number of pyridine rings is 1. The zero-order chi connectivity index (χ0) is 13.9. The number of hydrogen-bond acceptors (Lipinski definition) is 4. The topological polar surface area (TPSA) is 99.5 Å². The smallest absolute Gasteiger partial charge is 0.338 e. The third kappa shape index (κ3) is 3.08. The highest BCUT2D eigenvalue weighted by Crippen LogP contribution is 2.28. The number of aromatic nitrogens is 1. The summed E-state index contributed by atoms with van der Waals surface area (Å²) in [6.45, 7) is 0.126. The van der Waals surface area contributed by atoms with Gasteiger partial charge in [-0.2, -0.15) is 0 Å². The highest BCUT2D eigenvalue weighted by molar-refractivity contribution is 6.03. The first kappa shape index (κ1) is 13.5. The summed E-state index contributed by atoms with van der Waals surface area (Å²) in [7, 11) is 0. The van der Waals surface area contributed by atoms with Gasteiger partial charge >= 0.3 is 5.97 Å². The number of rotatable bonds is 4. The fraction of sp³-hybridized carbons (Fsp3) is 0.462. The van der Waals surface area contributed by atoms with Gasteiger partial charge in [0.05, 0.1) is 11.2 Å². The average molecular weight is 264 g/mol. The van der Waals surface area contributed by atoms with Crippen molar-refractivity contribution in [2.75, 3.05) is 6.54 Å². The first-order chi connectivity index (χ1) is 9.02. The summed E-state index contributed by atoms with van der Waals surface area (Å²) in [5.41, 5.74) is -1.14. The van der Waals surface area contributed by atoms with Crippen LogP contribution in [0.1, 0.15) is 46.5 Å². The van der Waals surface area contributed by atoms with Crippen LogP contribution >= 0.6 is 0 Å². The number of nitrogens with zero attached hydrogens (tertiary/aromatic N) is 1. The van der Waals surface area contributed by atoms with E-state index in [0.717, 1.165) is 12.8 Å². The summed E-state index contributed by atoms with van der Waals surface area (Å²) in [6, 6.07) is 2.79. The Morgan fingerprint density at radius 2 is 2.05 bits per heavy atom. The minimum atomic E-state index is -1.20. The lowest BCUT2D eigenvalue weighted by Crippen LogP contribution is -2.41. The van der Waals surface area contributed by atoms with E-state index in [1.165, 1.54) is 18.3 Å². The van der Waals surface area contributed by atoms with E-state index in [0.29, 0.717) is 12.8 Å². The number of carboxylic acids is 1. The second kappa shape index (κ2) is 5.36. The molecule has 0 aliphatic heterocycles. The fourth-order valence-corrected chi connectivity index (χ4v) is 2.30. The standard InChI is InChI=1S/C13H16N2O4/c16-11(15-8-13(19)5-1-2-6-13)10-9(12(17)18)4-3-7-14-10/h3-4,7,19H,1-2,5-6,8H2,(H,15,16)(H,17,18). The first-order valence-electron chi connectivity index (χ1n) is 6.21. The summed E-state index contributed by atoms with van der Waals surface area (Å²) in [4.78, 5) is 26.7. The normalized spacial score (nSPS) is 17.1. The fourth-order valence-electron chi connectivity index (χ4n) is 2.30. The average Bonchev–Trinajstić information content (AvgIpc) is 2.83. The van der Waals surface area contributed by atoms with Crippen LogP contribution in [0.3, 0.4) is 0 Å². The van der Waals surface area contributed by atoms with Crippen molar-refractivity contribution in [2.45, 2.75) is 31.3 Å². The number of carboxylic acid groups (broad SMARTS) is 1. The summed E-state index contributed by atoms with van der Waals surface area (Å²) >= 11 is 0. The van der Waals surface area contributed by atoms with Gasteiger partial charge in [-0.3, -0.25) is 9.78 Å². The monoisotopic (exact) mass is 264 g/mol.